The molecule has 0 spiro atoms. The average molecular weight is 392 g/mol. The van der Waals surface area contributed by atoms with Gasteiger partial charge in [0.05, 0.1) is 0 Å². The van der Waals surface area contributed by atoms with Crippen LogP contribution in [0.15, 0.2) is 54.7 Å². The van der Waals surface area contributed by atoms with E-state index in [1.165, 1.54) is 16.9 Å². The molecule has 1 N–H and O–H groups in total. The number of rotatable bonds is 6. The molecule has 0 aliphatic carbocycles. The molecule has 0 radical (unpaired) electrons. The minimum absolute atomic E-state index is 0.0195. The van der Waals surface area contributed by atoms with Gasteiger partial charge in [0.25, 0.3) is 0 Å². The van der Waals surface area contributed by atoms with Crippen LogP contribution < -0.4 is 5.32 Å². The highest BCUT2D eigenvalue weighted by Crippen LogP contribution is 2.23. The number of nitrogens with one attached hydrogen (secondary N) is 1. The molecule has 0 fully saturated rings. The van der Waals surface area contributed by atoms with Crippen molar-refractivity contribution in [1.82, 2.24) is 30.1 Å². The molecule has 0 aliphatic heterocycles. The molecule has 1 amide bonds. The number of hydrogen-bond acceptors (Lipinski definition) is 4. The molecular weight excluding hydrogens is 371 g/mol. The number of amides is 1. The summed E-state index contributed by atoms with van der Waals surface area (Å²) in [4.78, 5) is 13.7. The maximum atomic E-state index is 13.6. The van der Waals surface area contributed by atoms with Gasteiger partial charge in [-0.15, -0.1) is 10.2 Å². The minimum atomic E-state index is -0.270. The predicted molar refractivity (Wildman–Crippen MR) is 107 cm³/mol. The smallest absolute Gasteiger partial charge is 0.243 e. The molecule has 148 valence electrons. The average Bonchev–Trinajstić information content (AvgIpc) is 3.27. The zero-order valence-corrected chi connectivity index (χ0v) is 16.2. The molecule has 2 aromatic heterocycles. The van der Waals surface area contributed by atoms with Crippen LogP contribution in [0.25, 0.3) is 22.3 Å². The molecule has 2 aromatic carbocycles. The molecule has 0 unspecified atom stereocenters. The van der Waals surface area contributed by atoms with Crippen LogP contribution in [0.2, 0.25) is 0 Å². The monoisotopic (exact) mass is 392 g/mol. The van der Waals surface area contributed by atoms with Crippen LogP contribution in [0.4, 0.5) is 4.39 Å². The lowest BCUT2D eigenvalue weighted by atomic mass is 10.1. The van der Waals surface area contributed by atoms with E-state index in [-0.39, 0.29) is 24.3 Å². The van der Waals surface area contributed by atoms with Crippen molar-refractivity contribution in [3.05, 3.63) is 66.1 Å². The zero-order valence-electron chi connectivity index (χ0n) is 16.2. The van der Waals surface area contributed by atoms with Crippen molar-refractivity contribution in [3.8, 4) is 11.4 Å². The van der Waals surface area contributed by atoms with Gasteiger partial charge in [-0.25, -0.2) is 4.39 Å². The van der Waals surface area contributed by atoms with Crippen LogP contribution in [-0.4, -0.2) is 36.7 Å². The fourth-order valence-corrected chi connectivity index (χ4v) is 3.45. The lowest BCUT2D eigenvalue weighted by molar-refractivity contribution is -0.122. The van der Waals surface area contributed by atoms with E-state index in [0.717, 1.165) is 22.0 Å². The number of fused-ring (bicyclic) bond motifs is 1. The molecular formula is C21H21FN6O. The Morgan fingerprint density at radius 3 is 2.79 bits per heavy atom. The van der Waals surface area contributed by atoms with Crippen molar-refractivity contribution in [2.75, 3.05) is 0 Å². The fraction of sp³-hybridized carbons (Fsp3) is 0.238. The van der Waals surface area contributed by atoms with Crippen molar-refractivity contribution in [2.45, 2.75) is 25.9 Å². The third kappa shape index (κ3) is 4.16. The predicted octanol–water partition coefficient (Wildman–Crippen LogP) is 2.72. The number of halogens is 1. The summed E-state index contributed by atoms with van der Waals surface area (Å²) in [7, 11) is 1.92. The molecule has 29 heavy (non-hydrogen) atoms. The Labute approximate surface area is 167 Å². The van der Waals surface area contributed by atoms with E-state index < -0.39 is 0 Å². The van der Waals surface area contributed by atoms with Crippen LogP contribution in [0.3, 0.4) is 0 Å². The lowest BCUT2D eigenvalue weighted by Gasteiger charge is -2.13. The van der Waals surface area contributed by atoms with Gasteiger partial charge in [0.2, 0.25) is 11.7 Å². The third-order valence-corrected chi connectivity index (χ3v) is 4.74. The SMILES string of the molecule is C[C@@H](Cc1cn(C)c2ccc(F)cc12)NC(=O)Cn1nnc(-c2ccccc2)n1. The molecule has 0 saturated heterocycles. The Bertz CT molecular complexity index is 1150. The zero-order chi connectivity index (χ0) is 20.4. The van der Waals surface area contributed by atoms with Crippen molar-refractivity contribution in [3.63, 3.8) is 0 Å². The molecule has 8 heteroatoms. The van der Waals surface area contributed by atoms with Gasteiger partial charge in [0.1, 0.15) is 12.4 Å². The molecule has 4 rings (SSSR count). The standard InChI is InChI=1S/C21H21FN6O/c1-14(10-16-12-27(2)19-9-8-17(22)11-18(16)19)23-20(29)13-28-25-21(24-26-28)15-6-4-3-5-7-15/h3-9,11-12,14H,10,13H2,1-2H3,(H,23,29)/t14-/m0/s1. The molecule has 7 nitrogen and oxygen atoms in total. The molecule has 4 aromatic rings. The fourth-order valence-electron chi connectivity index (χ4n) is 3.45. The Balaban J connectivity index is 1.39. The summed E-state index contributed by atoms with van der Waals surface area (Å²) in [6.45, 7) is 1.90. The van der Waals surface area contributed by atoms with E-state index in [0.29, 0.717) is 12.2 Å². The normalized spacial score (nSPS) is 12.2. The van der Waals surface area contributed by atoms with Gasteiger partial charge in [-0.1, -0.05) is 30.3 Å². The topological polar surface area (TPSA) is 77.6 Å². The van der Waals surface area contributed by atoms with Crippen LogP contribution >= 0.6 is 0 Å². The van der Waals surface area contributed by atoms with Gasteiger partial charge in [0.15, 0.2) is 0 Å². The summed E-state index contributed by atoms with van der Waals surface area (Å²) < 4.78 is 15.6. The van der Waals surface area contributed by atoms with Crippen LogP contribution in [0.1, 0.15) is 12.5 Å². The number of benzene rings is 2. The summed E-state index contributed by atoms with van der Waals surface area (Å²) in [6, 6.07) is 14.1. The molecule has 0 bridgehead atoms. The van der Waals surface area contributed by atoms with Gasteiger partial charge in [-0.2, -0.15) is 4.80 Å². The Morgan fingerprint density at radius 2 is 2.00 bits per heavy atom. The Morgan fingerprint density at radius 1 is 1.21 bits per heavy atom. The van der Waals surface area contributed by atoms with Gasteiger partial charge in [-0.3, -0.25) is 4.79 Å². The number of aryl methyl sites for hydroxylation is 1. The van der Waals surface area contributed by atoms with E-state index in [9.17, 15) is 9.18 Å². The third-order valence-electron chi connectivity index (χ3n) is 4.74. The summed E-state index contributed by atoms with van der Waals surface area (Å²) in [6.07, 6.45) is 2.56. The maximum Gasteiger partial charge on any atom is 0.243 e. The quantitative estimate of drug-likeness (QED) is 0.547. The first kappa shape index (κ1) is 18.8. The molecule has 0 aliphatic rings. The lowest BCUT2D eigenvalue weighted by Crippen LogP contribution is -2.36. The van der Waals surface area contributed by atoms with Crippen molar-refractivity contribution >= 4 is 16.8 Å². The summed E-state index contributed by atoms with van der Waals surface area (Å²) in [5.74, 6) is -0.00160. The highest BCUT2D eigenvalue weighted by molar-refractivity contribution is 5.84. The number of carbonyl (C=O) groups is 1. The largest absolute Gasteiger partial charge is 0.352 e. The number of carbonyl (C=O) groups excluding carboxylic acids is 1. The van der Waals surface area contributed by atoms with Gasteiger partial charge in [0, 0.05) is 35.8 Å². The Hall–Kier alpha value is -3.55. The highest BCUT2D eigenvalue weighted by atomic mass is 19.1. The first-order chi connectivity index (χ1) is 14.0. The first-order valence-electron chi connectivity index (χ1n) is 9.35. The Kier molecular flexibility index (Phi) is 5.07. The van der Waals surface area contributed by atoms with Crippen molar-refractivity contribution < 1.29 is 9.18 Å². The summed E-state index contributed by atoms with van der Waals surface area (Å²) in [5.41, 5.74) is 2.79. The van der Waals surface area contributed by atoms with E-state index in [4.69, 9.17) is 0 Å². The van der Waals surface area contributed by atoms with Crippen molar-refractivity contribution in [2.24, 2.45) is 7.05 Å². The van der Waals surface area contributed by atoms with Gasteiger partial charge >= 0.3 is 0 Å². The molecule has 1 atom stereocenters. The highest BCUT2D eigenvalue weighted by Gasteiger charge is 2.15. The summed E-state index contributed by atoms with van der Waals surface area (Å²) >= 11 is 0. The summed E-state index contributed by atoms with van der Waals surface area (Å²) in [5, 5.41) is 16.0. The maximum absolute atomic E-state index is 13.6. The van der Waals surface area contributed by atoms with E-state index in [1.807, 2.05) is 55.1 Å². The van der Waals surface area contributed by atoms with Gasteiger partial charge in [-0.05, 0) is 42.3 Å². The molecule has 0 saturated carbocycles. The first-order valence-corrected chi connectivity index (χ1v) is 9.35. The van der Waals surface area contributed by atoms with Crippen LogP contribution in [0.5, 0.6) is 0 Å². The minimum Gasteiger partial charge on any atom is -0.352 e. The molecule has 2 heterocycles. The second-order valence-electron chi connectivity index (χ2n) is 7.11. The van der Waals surface area contributed by atoms with E-state index in [2.05, 4.69) is 20.7 Å². The number of aromatic nitrogens is 5. The van der Waals surface area contributed by atoms with Crippen LogP contribution in [0, 0.1) is 5.82 Å². The second-order valence-corrected chi connectivity index (χ2v) is 7.11. The second kappa shape index (κ2) is 7.83. The van der Waals surface area contributed by atoms with E-state index >= 15 is 0 Å². The number of tetrazole rings is 1. The van der Waals surface area contributed by atoms with E-state index in [1.54, 1.807) is 6.07 Å². The van der Waals surface area contributed by atoms with Crippen LogP contribution in [-0.2, 0) is 24.8 Å². The number of nitrogens with zero attached hydrogens (tertiary/aromatic N) is 5. The van der Waals surface area contributed by atoms with Crippen molar-refractivity contribution in [1.29, 1.82) is 0 Å². The number of hydrogen-bond donors (Lipinski definition) is 1. The van der Waals surface area contributed by atoms with Gasteiger partial charge < -0.3 is 9.88 Å².